The van der Waals surface area contributed by atoms with Crippen molar-refractivity contribution in [3.05, 3.63) is 150 Å². The van der Waals surface area contributed by atoms with Gasteiger partial charge in [-0.05, 0) is 118 Å². The molecule has 4 heteroatoms. The summed E-state index contributed by atoms with van der Waals surface area (Å²) in [6, 6.07) is 49.6. The van der Waals surface area contributed by atoms with E-state index in [1.807, 2.05) is 24.3 Å². The van der Waals surface area contributed by atoms with Gasteiger partial charge in [-0.2, -0.15) is 5.26 Å². The fourth-order valence-electron chi connectivity index (χ4n) is 11.1. The maximum Gasteiger partial charge on any atom is 0.164 e. The molecule has 0 saturated heterocycles. The van der Waals surface area contributed by atoms with E-state index in [1.54, 1.807) is 0 Å². The zero-order valence-corrected chi connectivity index (χ0v) is 28.8. The van der Waals surface area contributed by atoms with Crippen molar-refractivity contribution in [3.63, 3.8) is 0 Å². The summed E-state index contributed by atoms with van der Waals surface area (Å²) in [4.78, 5) is 15.8. The molecule has 5 aliphatic rings. The van der Waals surface area contributed by atoms with Gasteiger partial charge < -0.3 is 0 Å². The molecule has 248 valence electrons. The van der Waals surface area contributed by atoms with Crippen LogP contribution in [-0.4, -0.2) is 15.0 Å². The van der Waals surface area contributed by atoms with Crippen molar-refractivity contribution in [1.82, 2.24) is 15.0 Å². The number of hydrogen-bond acceptors (Lipinski definition) is 4. The Kier molecular flexibility index (Phi) is 6.47. The summed E-state index contributed by atoms with van der Waals surface area (Å²) in [5.41, 5.74) is 11.3. The maximum atomic E-state index is 10.0. The van der Waals surface area contributed by atoms with Crippen LogP contribution < -0.4 is 0 Å². The van der Waals surface area contributed by atoms with Gasteiger partial charge in [-0.25, -0.2) is 15.0 Å². The highest BCUT2D eigenvalue weighted by Crippen LogP contribution is 2.70. The maximum absolute atomic E-state index is 10.0. The minimum absolute atomic E-state index is 0.0926. The molecule has 0 unspecified atom stereocenters. The molecule has 52 heavy (non-hydrogen) atoms. The third-order valence-electron chi connectivity index (χ3n) is 12.9. The molecule has 0 N–H and O–H groups in total. The van der Waals surface area contributed by atoms with Crippen LogP contribution in [0.25, 0.3) is 67.2 Å². The monoisotopic (exact) mass is 668 g/mol. The molecular formula is C48H36N4. The SMILES string of the molecule is N#Cc1ccccc1-c1ccc2c(c1)-c1cccc(-c3nc(-c4ccccc4)nc(-c4ccc5ccccc5c4)n3)c1C21C2CC3CC(C2)CC1C3. The summed E-state index contributed by atoms with van der Waals surface area (Å²) >= 11 is 0. The average Bonchev–Trinajstić information content (AvgIpc) is 3.50. The van der Waals surface area contributed by atoms with Gasteiger partial charge in [-0.15, -0.1) is 0 Å². The lowest BCUT2D eigenvalue weighted by Gasteiger charge is -2.61. The van der Waals surface area contributed by atoms with E-state index in [2.05, 4.69) is 115 Å². The first-order valence-corrected chi connectivity index (χ1v) is 18.8. The number of rotatable bonds is 4. The van der Waals surface area contributed by atoms with Crippen LogP contribution >= 0.6 is 0 Å². The topological polar surface area (TPSA) is 62.5 Å². The molecule has 1 spiro atoms. The minimum Gasteiger partial charge on any atom is -0.208 e. The van der Waals surface area contributed by atoms with Gasteiger partial charge in [0.2, 0.25) is 0 Å². The van der Waals surface area contributed by atoms with E-state index in [9.17, 15) is 5.26 Å². The van der Waals surface area contributed by atoms with Crippen molar-refractivity contribution in [1.29, 1.82) is 5.26 Å². The highest BCUT2D eigenvalue weighted by molar-refractivity contribution is 5.91. The van der Waals surface area contributed by atoms with E-state index in [4.69, 9.17) is 15.0 Å². The van der Waals surface area contributed by atoms with Crippen LogP contribution in [0, 0.1) is 35.0 Å². The molecule has 0 amide bonds. The summed E-state index contributed by atoms with van der Waals surface area (Å²) in [7, 11) is 0. The van der Waals surface area contributed by atoms with E-state index in [-0.39, 0.29) is 5.41 Å². The van der Waals surface area contributed by atoms with E-state index >= 15 is 0 Å². The fourth-order valence-corrected chi connectivity index (χ4v) is 11.1. The largest absolute Gasteiger partial charge is 0.208 e. The van der Waals surface area contributed by atoms with Gasteiger partial charge in [0.1, 0.15) is 0 Å². The van der Waals surface area contributed by atoms with E-state index in [0.717, 1.165) is 45.5 Å². The van der Waals surface area contributed by atoms with Crippen LogP contribution in [0.15, 0.2) is 133 Å². The van der Waals surface area contributed by atoms with Gasteiger partial charge >= 0.3 is 0 Å². The molecule has 4 nitrogen and oxygen atoms in total. The molecule has 1 aromatic heterocycles. The summed E-state index contributed by atoms with van der Waals surface area (Å²) < 4.78 is 0. The Labute approximate surface area is 303 Å². The Balaban J connectivity index is 1.17. The van der Waals surface area contributed by atoms with Crippen molar-refractivity contribution < 1.29 is 0 Å². The Hall–Kier alpha value is -5.92. The molecule has 4 fully saturated rings. The average molecular weight is 669 g/mol. The molecule has 0 radical (unpaired) electrons. The summed E-state index contributed by atoms with van der Waals surface area (Å²) in [6.07, 6.45) is 6.54. The van der Waals surface area contributed by atoms with E-state index in [0.29, 0.717) is 29.0 Å². The van der Waals surface area contributed by atoms with Crippen LogP contribution in [0.2, 0.25) is 0 Å². The highest BCUT2D eigenvalue weighted by Gasteiger charge is 2.62. The number of benzene rings is 6. The second-order valence-electron chi connectivity index (χ2n) is 15.6. The standard InChI is InChI=1S/C48H36N4/c49-28-36-13-6-7-14-39(36)34-19-20-43-42(27-34)40-15-8-16-41(44(40)48(43)37-22-29-21-30(24-37)25-38(48)23-29)47-51-45(32-10-2-1-3-11-32)50-46(52-47)35-18-17-31-9-4-5-12-33(31)26-35/h1-20,26-27,29-30,37-38H,21-25H2. The van der Waals surface area contributed by atoms with Gasteiger partial charge in [-0.1, -0.05) is 115 Å². The van der Waals surface area contributed by atoms with Gasteiger partial charge in [0.15, 0.2) is 17.5 Å². The lowest BCUT2D eigenvalue weighted by atomic mass is 9.43. The van der Waals surface area contributed by atoms with Crippen molar-refractivity contribution in [3.8, 4) is 62.5 Å². The molecule has 6 aromatic carbocycles. The Bertz CT molecular complexity index is 2590. The van der Waals surface area contributed by atoms with Crippen molar-refractivity contribution in [2.24, 2.45) is 23.7 Å². The molecule has 0 atom stereocenters. The lowest BCUT2D eigenvalue weighted by Crippen LogP contribution is -2.55. The predicted octanol–water partition coefficient (Wildman–Crippen LogP) is 11.3. The number of aromatic nitrogens is 3. The number of fused-ring (bicyclic) bond motifs is 4. The zero-order valence-electron chi connectivity index (χ0n) is 28.8. The fraction of sp³-hybridized carbons (Fsp3) is 0.208. The second-order valence-corrected chi connectivity index (χ2v) is 15.6. The molecular weight excluding hydrogens is 633 g/mol. The highest BCUT2D eigenvalue weighted by atomic mass is 15.0. The Morgan fingerprint density at radius 2 is 1.12 bits per heavy atom. The molecule has 5 aliphatic carbocycles. The number of hydrogen-bond donors (Lipinski definition) is 0. The first-order valence-electron chi connectivity index (χ1n) is 18.8. The van der Waals surface area contributed by atoms with E-state index < -0.39 is 0 Å². The second kappa shape index (κ2) is 11.3. The number of nitriles is 1. The Morgan fingerprint density at radius 3 is 1.90 bits per heavy atom. The molecule has 4 bridgehead atoms. The zero-order chi connectivity index (χ0) is 34.4. The van der Waals surface area contributed by atoms with Gasteiger partial charge in [-0.3, -0.25) is 0 Å². The third kappa shape index (κ3) is 4.29. The van der Waals surface area contributed by atoms with Crippen molar-refractivity contribution in [2.75, 3.05) is 0 Å². The van der Waals surface area contributed by atoms with Gasteiger partial charge in [0.25, 0.3) is 0 Å². The molecule has 4 saturated carbocycles. The molecule has 7 aromatic rings. The van der Waals surface area contributed by atoms with Gasteiger partial charge in [0.05, 0.1) is 11.6 Å². The van der Waals surface area contributed by atoms with Crippen LogP contribution in [0.4, 0.5) is 0 Å². The minimum atomic E-state index is -0.0926. The number of nitrogens with zero attached hydrogens (tertiary/aromatic N) is 4. The summed E-state index contributed by atoms with van der Waals surface area (Å²) in [5.74, 6) is 4.94. The first kappa shape index (κ1) is 29.8. The molecule has 0 aliphatic heterocycles. The van der Waals surface area contributed by atoms with Crippen molar-refractivity contribution in [2.45, 2.75) is 37.5 Å². The van der Waals surface area contributed by atoms with Crippen molar-refractivity contribution >= 4 is 10.8 Å². The quantitative estimate of drug-likeness (QED) is 0.187. The normalized spacial score (nSPS) is 23.4. The van der Waals surface area contributed by atoms with E-state index in [1.165, 1.54) is 65.1 Å². The van der Waals surface area contributed by atoms with Crippen LogP contribution in [0.5, 0.6) is 0 Å². The smallest absolute Gasteiger partial charge is 0.164 e. The predicted molar refractivity (Wildman–Crippen MR) is 207 cm³/mol. The third-order valence-corrected chi connectivity index (χ3v) is 12.9. The molecule has 1 heterocycles. The van der Waals surface area contributed by atoms with Crippen LogP contribution in [0.1, 0.15) is 48.8 Å². The Morgan fingerprint density at radius 1 is 0.481 bits per heavy atom. The molecule has 12 rings (SSSR count). The lowest BCUT2D eigenvalue weighted by molar-refractivity contribution is -0.0397. The van der Waals surface area contributed by atoms with Gasteiger partial charge in [0, 0.05) is 22.1 Å². The first-order chi connectivity index (χ1) is 25.7. The van der Waals surface area contributed by atoms with Crippen LogP contribution in [0.3, 0.4) is 0 Å². The van der Waals surface area contributed by atoms with Crippen LogP contribution in [-0.2, 0) is 5.41 Å². The summed E-state index contributed by atoms with van der Waals surface area (Å²) in [5, 5.41) is 12.4. The summed E-state index contributed by atoms with van der Waals surface area (Å²) in [6.45, 7) is 0.